The number of amides is 2. The van der Waals surface area contributed by atoms with Crippen molar-refractivity contribution in [1.29, 1.82) is 0 Å². The van der Waals surface area contributed by atoms with Crippen molar-refractivity contribution < 1.29 is 18.0 Å². The zero-order chi connectivity index (χ0) is 25.3. The molecule has 3 rings (SSSR count). The van der Waals surface area contributed by atoms with Crippen LogP contribution in [-0.2, 0) is 32.5 Å². The molecule has 2 amide bonds. The molecule has 35 heavy (non-hydrogen) atoms. The fourth-order valence-corrected chi connectivity index (χ4v) is 4.85. The summed E-state index contributed by atoms with van der Waals surface area (Å²) in [5, 5.41) is 0. The first kappa shape index (κ1) is 26.0. The lowest BCUT2D eigenvalue weighted by Gasteiger charge is -2.26. The molecule has 3 N–H and O–H groups in total. The Morgan fingerprint density at radius 1 is 0.857 bits per heavy atom. The number of nitrogen functional groups attached to an aromatic ring is 1. The van der Waals surface area contributed by atoms with Crippen LogP contribution in [-0.4, -0.2) is 32.5 Å². The molecular formula is C27H31N3O4S. The molecule has 0 aliphatic rings. The van der Waals surface area contributed by atoms with E-state index >= 15 is 0 Å². The van der Waals surface area contributed by atoms with Gasteiger partial charge in [-0.25, -0.2) is 8.42 Å². The Morgan fingerprint density at radius 3 is 2.03 bits per heavy atom. The molecule has 0 aromatic heterocycles. The number of anilines is 2. The van der Waals surface area contributed by atoms with Crippen LogP contribution < -0.4 is 15.4 Å². The van der Waals surface area contributed by atoms with E-state index in [1.165, 1.54) is 4.90 Å². The highest BCUT2D eigenvalue weighted by atomic mass is 32.2. The summed E-state index contributed by atoms with van der Waals surface area (Å²) in [5.41, 5.74) is 8.77. The predicted molar refractivity (Wildman–Crippen MR) is 139 cm³/mol. The van der Waals surface area contributed by atoms with E-state index in [9.17, 15) is 18.0 Å². The van der Waals surface area contributed by atoms with E-state index in [0.717, 1.165) is 11.1 Å². The van der Waals surface area contributed by atoms with Crippen LogP contribution in [0.2, 0.25) is 0 Å². The van der Waals surface area contributed by atoms with Crippen LogP contribution in [0.15, 0.2) is 84.9 Å². The van der Waals surface area contributed by atoms with E-state index in [1.54, 1.807) is 24.3 Å². The zero-order valence-electron chi connectivity index (χ0n) is 19.8. The van der Waals surface area contributed by atoms with E-state index in [-0.39, 0.29) is 18.6 Å². The molecule has 1 unspecified atom stereocenters. The molecule has 3 aromatic rings. The summed E-state index contributed by atoms with van der Waals surface area (Å²) >= 11 is 0. The first-order valence-electron chi connectivity index (χ1n) is 11.6. The van der Waals surface area contributed by atoms with Gasteiger partial charge in [-0.05, 0) is 61.6 Å². The van der Waals surface area contributed by atoms with Gasteiger partial charge in [-0.15, -0.1) is 0 Å². The van der Waals surface area contributed by atoms with Gasteiger partial charge in [0.25, 0.3) is 0 Å². The number of nitrogens with two attached hydrogens (primary N) is 1. The Kier molecular flexibility index (Phi) is 9.03. The van der Waals surface area contributed by atoms with Gasteiger partial charge in [0.2, 0.25) is 21.8 Å². The lowest BCUT2D eigenvalue weighted by Crippen LogP contribution is -2.46. The number of nitrogens with zero attached hydrogens (tertiary/aromatic N) is 1. The van der Waals surface area contributed by atoms with Gasteiger partial charge in [0, 0.05) is 17.9 Å². The molecule has 184 valence electrons. The Labute approximate surface area is 207 Å². The Hall–Kier alpha value is -3.65. The lowest BCUT2D eigenvalue weighted by atomic mass is 9.97. The van der Waals surface area contributed by atoms with E-state index in [4.69, 9.17) is 5.73 Å². The molecule has 0 aliphatic heterocycles. The number of aryl methyl sites for hydroxylation is 2. The Bertz CT molecular complexity index is 1210. The van der Waals surface area contributed by atoms with Crippen LogP contribution in [0.1, 0.15) is 24.5 Å². The summed E-state index contributed by atoms with van der Waals surface area (Å²) in [6.07, 6.45) is 0.839. The van der Waals surface area contributed by atoms with E-state index in [2.05, 4.69) is 4.72 Å². The molecule has 0 radical (unpaired) electrons. The smallest absolute Gasteiger partial charge is 0.246 e. The van der Waals surface area contributed by atoms with Gasteiger partial charge in [0.15, 0.2) is 0 Å². The first-order chi connectivity index (χ1) is 16.8. The molecule has 0 bridgehead atoms. The van der Waals surface area contributed by atoms with Crippen molar-refractivity contribution in [2.24, 2.45) is 5.92 Å². The number of sulfonamides is 1. The molecule has 1 atom stereocenters. The van der Waals surface area contributed by atoms with Crippen LogP contribution in [0.3, 0.4) is 0 Å². The highest BCUT2D eigenvalue weighted by molar-refractivity contribution is 7.90. The van der Waals surface area contributed by atoms with Crippen LogP contribution in [0, 0.1) is 5.92 Å². The van der Waals surface area contributed by atoms with E-state index in [0.29, 0.717) is 24.3 Å². The van der Waals surface area contributed by atoms with Crippen LogP contribution in [0.5, 0.6) is 0 Å². The number of benzene rings is 3. The summed E-state index contributed by atoms with van der Waals surface area (Å²) in [4.78, 5) is 28.2. The number of hydrogen-bond donors (Lipinski definition) is 2. The standard InChI is InChI=1S/C27H31N3O4S/c1-2-30(24-11-7-4-8-12-24)27(32)25(18-15-22-13-16-23(28)17-14-22)26(31)29-35(33,34)20-19-21-9-5-3-6-10-21/h3-14,16-17,25H,2,15,18-20,28H2,1H3,(H,29,31). The first-order valence-corrected chi connectivity index (χ1v) is 13.2. The minimum absolute atomic E-state index is 0.159. The quantitative estimate of drug-likeness (QED) is 0.314. The van der Waals surface area contributed by atoms with Crippen LogP contribution >= 0.6 is 0 Å². The minimum atomic E-state index is -3.93. The second-order valence-electron chi connectivity index (χ2n) is 8.27. The second-order valence-corrected chi connectivity index (χ2v) is 10.1. The zero-order valence-corrected chi connectivity index (χ0v) is 20.6. The molecule has 0 fully saturated rings. The molecular weight excluding hydrogens is 462 g/mol. The largest absolute Gasteiger partial charge is 0.399 e. The van der Waals surface area contributed by atoms with Crippen molar-refractivity contribution in [2.75, 3.05) is 22.9 Å². The molecule has 7 nitrogen and oxygen atoms in total. The van der Waals surface area contributed by atoms with Crippen LogP contribution in [0.25, 0.3) is 0 Å². The summed E-state index contributed by atoms with van der Waals surface area (Å²) < 4.78 is 27.5. The summed E-state index contributed by atoms with van der Waals surface area (Å²) in [6.45, 7) is 2.16. The van der Waals surface area contributed by atoms with E-state index in [1.807, 2.05) is 67.6 Å². The number of carbonyl (C=O) groups is 2. The van der Waals surface area contributed by atoms with Gasteiger partial charge in [0.05, 0.1) is 5.75 Å². The highest BCUT2D eigenvalue weighted by Crippen LogP contribution is 2.20. The fraction of sp³-hybridized carbons (Fsp3) is 0.259. The predicted octanol–water partition coefficient (Wildman–Crippen LogP) is 3.56. The Balaban J connectivity index is 1.78. The van der Waals surface area contributed by atoms with Gasteiger partial charge < -0.3 is 10.6 Å². The third kappa shape index (κ3) is 7.68. The molecule has 8 heteroatoms. The van der Waals surface area contributed by atoms with Gasteiger partial charge >= 0.3 is 0 Å². The normalized spacial score (nSPS) is 12.0. The highest BCUT2D eigenvalue weighted by Gasteiger charge is 2.33. The van der Waals surface area contributed by atoms with Crippen molar-refractivity contribution in [3.05, 3.63) is 96.1 Å². The number of rotatable bonds is 11. The molecule has 0 aliphatic carbocycles. The van der Waals surface area contributed by atoms with Gasteiger partial charge in [0.1, 0.15) is 5.92 Å². The topological polar surface area (TPSA) is 110 Å². The maximum Gasteiger partial charge on any atom is 0.246 e. The van der Waals surface area contributed by atoms with Crippen molar-refractivity contribution in [1.82, 2.24) is 4.72 Å². The number of carbonyl (C=O) groups excluding carboxylic acids is 2. The molecule has 3 aromatic carbocycles. The Morgan fingerprint density at radius 2 is 1.43 bits per heavy atom. The lowest BCUT2D eigenvalue weighted by molar-refractivity contribution is -0.132. The third-order valence-electron chi connectivity index (χ3n) is 5.72. The summed E-state index contributed by atoms with van der Waals surface area (Å²) in [7, 11) is -3.93. The summed E-state index contributed by atoms with van der Waals surface area (Å²) in [5.74, 6) is -2.67. The second kappa shape index (κ2) is 12.2. The van der Waals surface area contributed by atoms with Crippen molar-refractivity contribution in [2.45, 2.75) is 26.2 Å². The average Bonchev–Trinajstić information content (AvgIpc) is 2.85. The van der Waals surface area contributed by atoms with Crippen LogP contribution in [0.4, 0.5) is 11.4 Å². The van der Waals surface area contributed by atoms with Crippen molar-refractivity contribution in [3.63, 3.8) is 0 Å². The molecule has 0 heterocycles. The SMILES string of the molecule is CCN(C(=O)C(CCc1ccc(N)cc1)C(=O)NS(=O)(=O)CCc1ccccc1)c1ccccc1. The average molecular weight is 494 g/mol. The number of nitrogens with one attached hydrogen (secondary N) is 1. The fourth-order valence-electron chi connectivity index (χ4n) is 3.80. The molecule has 0 saturated heterocycles. The third-order valence-corrected chi connectivity index (χ3v) is 6.98. The maximum atomic E-state index is 13.5. The van der Waals surface area contributed by atoms with Crippen molar-refractivity contribution in [3.8, 4) is 0 Å². The maximum absolute atomic E-state index is 13.5. The van der Waals surface area contributed by atoms with Gasteiger partial charge in [-0.2, -0.15) is 0 Å². The number of para-hydroxylation sites is 1. The van der Waals surface area contributed by atoms with Gasteiger partial charge in [-0.3, -0.25) is 14.3 Å². The molecule has 0 saturated carbocycles. The van der Waals surface area contributed by atoms with E-state index < -0.39 is 27.8 Å². The van der Waals surface area contributed by atoms with Crippen molar-refractivity contribution >= 4 is 33.2 Å². The number of hydrogen-bond acceptors (Lipinski definition) is 5. The minimum Gasteiger partial charge on any atom is -0.399 e. The summed E-state index contributed by atoms with van der Waals surface area (Å²) in [6, 6.07) is 25.4. The van der Waals surface area contributed by atoms with Gasteiger partial charge in [-0.1, -0.05) is 60.7 Å². The monoisotopic (exact) mass is 493 g/mol. The molecule has 0 spiro atoms.